The fraction of sp³-hybridized carbons (Fsp3) is 0.600. The molecule has 0 radical (unpaired) electrons. The average molecular weight is 266 g/mol. The Morgan fingerprint density at radius 1 is 1.21 bits per heavy atom. The van der Waals surface area contributed by atoms with Gasteiger partial charge < -0.3 is 5.32 Å². The van der Waals surface area contributed by atoms with Crippen LogP contribution in [-0.4, -0.2) is 31.1 Å². The first kappa shape index (κ1) is 13.0. The van der Waals surface area contributed by atoms with Crippen LogP contribution in [0.1, 0.15) is 30.9 Å². The molecule has 4 heteroatoms. The second-order valence-electron chi connectivity index (χ2n) is 5.66. The van der Waals surface area contributed by atoms with Gasteiger partial charge in [-0.15, -0.1) is 0 Å². The molecule has 2 unspecified atom stereocenters. The van der Waals surface area contributed by atoms with E-state index < -0.39 is 11.6 Å². The van der Waals surface area contributed by atoms with Crippen LogP contribution in [-0.2, 0) is 0 Å². The second kappa shape index (κ2) is 5.17. The zero-order valence-electron chi connectivity index (χ0n) is 11.2. The van der Waals surface area contributed by atoms with Gasteiger partial charge in [-0.05, 0) is 57.5 Å². The Labute approximate surface area is 112 Å². The maximum absolute atomic E-state index is 14.1. The largest absolute Gasteiger partial charge is 0.319 e. The predicted molar refractivity (Wildman–Crippen MR) is 70.9 cm³/mol. The van der Waals surface area contributed by atoms with E-state index in [9.17, 15) is 8.78 Å². The van der Waals surface area contributed by atoms with Crippen LogP contribution in [0.2, 0.25) is 0 Å². The number of nitrogens with one attached hydrogen (secondary N) is 1. The lowest BCUT2D eigenvalue weighted by molar-refractivity contribution is 0.207. The highest BCUT2D eigenvalue weighted by molar-refractivity contribution is 5.26. The van der Waals surface area contributed by atoms with Crippen LogP contribution in [0.5, 0.6) is 0 Å². The lowest BCUT2D eigenvalue weighted by Gasteiger charge is -2.29. The summed E-state index contributed by atoms with van der Waals surface area (Å²) in [6, 6.07) is 4.61. The molecule has 2 atom stereocenters. The zero-order chi connectivity index (χ0) is 13.4. The van der Waals surface area contributed by atoms with E-state index >= 15 is 0 Å². The van der Waals surface area contributed by atoms with Crippen LogP contribution in [0.4, 0.5) is 8.78 Å². The third-order valence-electron chi connectivity index (χ3n) is 4.34. The highest BCUT2D eigenvalue weighted by Crippen LogP contribution is 2.45. The van der Waals surface area contributed by atoms with Gasteiger partial charge in [0.05, 0.1) is 0 Å². The Kier molecular flexibility index (Phi) is 3.54. The van der Waals surface area contributed by atoms with Crippen molar-refractivity contribution >= 4 is 0 Å². The number of benzene rings is 1. The summed E-state index contributed by atoms with van der Waals surface area (Å²) < 4.78 is 28.2. The normalized spacial score (nSPS) is 27.9. The molecule has 2 nitrogen and oxygen atoms in total. The van der Waals surface area contributed by atoms with E-state index in [0.717, 1.165) is 19.5 Å². The molecule has 2 fully saturated rings. The van der Waals surface area contributed by atoms with Crippen molar-refractivity contribution in [2.45, 2.75) is 31.3 Å². The lowest BCUT2D eigenvalue weighted by atomic mass is 9.92. The van der Waals surface area contributed by atoms with Crippen molar-refractivity contribution < 1.29 is 8.78 Å². The van der Waals surface area contributed by atoms with Gasteiger partial charge in [-0.2, -0.15) is 0 Å². The molecule has 0 spiro atoms. The molecule has 1 heterocycles. The van der Waals surface area contributed by atoms with Crippen molar-refractivity contribution in [3.63, 3.8) is 0 Å². The molecule has 1 saturated carbocycles. The van der Waals surface area contributed by atoms with E-state index in [1.165, 1.54) is 31.0 Å². The van der Waals surface area contributed by atoms with Crippen LogP contribution in [0.25, 0.3) is 0 Å². The molecule has 0 aromatic heterocycles. The summed E-state index contributed by atoms with van der Waals surface area (Å²) in [5.41, 5.74) is 0.271. The molecule has 1 aromatic carbocycles. The Morgan fingerprint density at radius 3 is 2.47 bits per heavy atom. The van der Waals surface area contributed by atoms with Crippen molar-refractivity contribution in [1.29, 1.82) is 0 Å². The molecule has 1 aliphatic heterocycles. The van der Waals surface area contributed by atoms with Crippen molar-refractivity contribution in [2.75, 3.05) is 20.1 Å². The van der Waals surface area contributed by atoms with Gasteiger partial charge in [0.2, 0.25) is 0 Å². The summed E-state index contributed by atoms with van der Waals surface area (Å²) in [7, 11) is 1.90. The fourth-order valence-corrected chi connectivity index (χ4v) is 3.37. The summed E-state index contributed by atoms with van der Waals surface area (Å²) in [4.78, 5) is 2.31. The first-order valence-electron chi connectivity index (χ1n) is 7.06. The summed E-state index contributed by atoms with van der Waals surface area (Å²) in [6.45, 7) is 1.76. The number of likely N-dealkylation sites (tertiary alicyclic amines) is 1. The van der Waals surface area contributed by atoms with Crippen molar-refractivity contribution in [1.82, 2.24) is 10.2 Å². The number of rotatable bonds is 4. The molecule has 1 N–H and O–H groups in total. The summed E-state index contributed by atoms with van der Waals surface area (Å²) in [5, 5.41) is 3.16. The third kappa shape index (κ3) is 2.39. The molecule has 0 amide bonds. The van der Waals surface area contributed by atoms with E-state index in [1.807, 2.05) is 7.05 Å². The van der Waals surface area contributed by atoms with Gasteiger partial charge >= 0.3 is 0 Å². The minimum atomic E-state index is -0.404. The number of halogens is 2. The molecular formula is C15H20F2N2. The Bertz CT molecular complexity index is 439. The molecule has 3 rings (SSSR count). The van der Waals surface area contributed by atoms with Crippen LogP contribution in [0.3, 0.4) is 0 Å². The van der Waals surface area contributed by atoms with Gasteiger partial charge in [-0.1, -0.05) is 6.07 Å². The second-order valence-corrected chi connectivity index (χ2v) is 5.66. The number of nitrogens with zero attached hydrogens (tertiary/aromatic N) is 1. The first-order valence-corrected chi connectivity index (χ1v) is 7.06. The van der Waals surface area contributed by atoms with Crippen LogP contribution in [0, 0.1) is 17.6 Å². The average Bonchev–Trinajstić information content (AvgIpc) is 3.14. The topological polar surface area (TPSA) is 15.3 Å². The highest BCUT2D eigenvalue weighted by Gasteiger charge is 2.44. The molecular weight excluding hydrogens is 246 g/mol. The van der Waals surface area contributed by atoms with Crippen molar-refractivity contribution in [3.05, 3.63) is 35.4 Å². The number of hydrogen-bond acceptors (Lipinski definition) is 2. The molecule has 1 saturated heterocycles. The van der Waals surface area contributed by atoms with E-state index in [2.05, 4.69) is 10.2 Å². The molecule has 19 heavy (non-hydrogen) atoms. The maximum atomic E-state index is 14.1. The first-order chi connectivity index (χ1) is 9.22. The summed E-state index contributed by atoms with van der Waals surface area (Å²) in [6.07, 6.45) is 3.34. The van der Waals surface area contributed by atoms with E-state index in [-0.39, 0.29) is 17.5 Å². The van der Waals surface area contributed by atoms with Gasteiger partial charge in [-0.3, -0.25) is 4.90 Å². The minimum absolute atomic E-state index is 0.110. The van der Waals surface area contributed by atoms with Gasteiger partial charge in [0.15, 0.2) is 0 Å². The molecule has 2 aliphatic rings. The molecule has 1 aliphatic carbocycles. The number of hydrogen-bond donors (Lipinski definition) is 1. The van der Waals surface area contributed by atoms with E-state index in [4.69, 9.17) is 0 Å². The van der Waals surface area contributed by atoms with E-state index in [0.29, 0.717) is 6.04 Å². The monoisotopic (exact) mass is 266 g/mol. The maximum Gasteiger partial charge on any atom is 0.130 e. The smallest absolute Gasteiger partial charge is 0.130 e. The van der Waals surface area contributed by atoms with Gasteiger partial charge in [0, 0.05) is 17.6 Å². The summed E-state index contributed by atoms with van der Waals surface area (Å²) >= 11 is 0. The quantitative estimate of drug-likeness (QED) is 0.901. The van der Waals surface area contributed by atoms with E-state index in [1.54, 1.807) is 0 Å². The predicted octanol–water partition coefficient (Wildman–Crippen LogP) is 2.71. The van der Waals surface area contributed by atoms with Crippen LogP contribution < -0.4 is 5.32 Å². The van der Waals surface area contributed by atoms with Crippen molar-refractivity contribution in [3.8, 4) is 0 Å². The van der Waals surface area contributed by atoms with Crippen LogP contribution in [0.15, 0.2) is 18.2 Å². The van der Waals surface area contributed by atoms with Crippen LogP contribution >= 0.6 is 0 Å². The SMILES string of the molecule is CNCC1CCN(C2CC2)C1c1c(F)cccc1F. The Morgan fingerprint density at radius 2 is 1.89 bits per heavy atom. The zero-order valence-corrected chi connectivity index (χ0v) is 11.2. The standard InChI is InChI=1S/C15H20F2N2/c1-18-9-10-7-8-19(11-5-6-11)15(10)14-12(16)3-2-4-13(14)17/h2-4,10-11,15,18H,5-9H2,1H3. The molecule has 0 bridgehead atoms. The Hall–Kier alpha value is -1.00. The minimum Gasteiger partial charge on any atom is -0.319 e. The third-order valence-corrected chi connectivity index (χ3v) is 4.34. The van der Waals surface area contributed by atoms with Gasteiger partial charge in [-0.25, -0.2) is 8.78 Å². The van der Waals surface area contributed by atoms with Gasteiger partial charge in [0.1, 0.15) is 11.6 Å². The molecule has 1 aromatic rings. The fourth-order valence-electron chi connectivity index (χ4n) is 3.37. The van der Waals surface area contributed by atoms with Gasteiger partial charge in [0.25, 0.3) is 0 Å². The lowest BCUT2D eigenvalue weighted by Crippen LogP contribution is -2.32. The van der Waals surface area contributed by atoms with Crippen molar-refractivity contribution in [2.24, 2.45) is 5.92 Å². The highest BCUT2D eigenvalue weighted by atomic mass is 19.1. The molecule has 104 valence electrons. The Balaban J connectivity index is 1.96. The summed E-state index contributed by atoms with van der Waals surface area (Å²) in [5.74, 6) is -0.519.